The van der Waals surface area contributed by atoms with E-state index in [4.69, 9.17) is 15.2 Å². The van der Waals surface area contributed by atoms with Gasteiger partial charge in [-0.3, -0.25) is 0 Å². The van der Waals surface area contributed by atoms with Gasteiger partial charge < -0.3 is 15.2 Å². The van der Waals surface area contributed by atoms with Crippen molar-refractivity contribution in [2.75, 3.05) is 14.2 Å². The summed E-state index contributed by atoms with van der Waals surface area (Å²) < 4.78 is 11.6. The van der Waals surface area contributed by atoms with Crippen LogP contribution in [0.2, 0.25) is 0 Å². The smallest absolute Gasteiger partial charge is 0.175 e. The summed E-state index contributed by atoms with van der Waals surface area (Å²) in [5.74, 6) is 1.41. The molecule has 1 aliphatic rings. The summed E-state index contributed by atoms with van der Waals surface area (Å²) in [6.45, 7) is 4.28. The second kappa shape index (κ2) is 6.88. The molecular formula is C18H24BrNO2. The Labute approximate surface area is 141 Å². The van der Waals surface area contributed by atoms with Crippen LogP contribution in [0.3, 0.4) is 0 Å². The molecule has 0 radical (unpaired) electrons. The average molecular weight is 366 g/mol. The quantitative estimate of drug-likeness (QED) is 0.840. The number of hydrogen-bond donors (Lipinski definition) is 1. The second-order valence-electron chi connectivity index (χ2n) is 6.00. The number of nitrogens with two attached hydrogens (primary N) is 1. The van der Waals surface area contributed by atoms with Gasteiger partial charge in [-0.25, -0.2) is 0 Å². The minimum atomic E-state index is -0.248. The maximum Gasteiger partial charge on any atom is 0.175 e. The summed E-state index contributed by atoms with van der Waals surface area (Å²) in [5, 5.41) is 0. The Hall–Kier alpha value is -1.26. The third-order valence-corrected chi connectivity index (χ3v) is 5.09. The highest BCUT2D eigenvalue weighted by molar-refractivity contribution is 9.10. The summed E-state index contributed by atoms with van der Waals surface area (Å²) in [4.78, 5) is 0. The SMILES string of the molecule is COc1ccc(/C=C/C2=C(C)CCCC2(C)N)c(Br)c1OC. The van der Waals surface area contributed by atoms with Crippen LogP contribution < -0.4 is 15.2 Å². The summed E-state index contributed by atoms with van der Waals surface area (Å²) in [6.07, 6.45) is 7.54. The van der Waals surface area contributed by atoms with Crippen LogP contribution >= 0.6 is 15.9 Å². The topological polar surface area (TPSA) is 44.5 Å². The van der Waals surface area contributed by atoms with Gasteiger partial charge in [-0.2, -0.15) is 0 Å². The molecule has 1 aromatic carbocycles. The zero-order chi connectivity index (χ0) is 16.3. The van der Waals surface area contributed by atoms with E-state index in [1.165, 1.54) is 11.1 Å². The van der Waals surface area contributed by atoms with E-state index in [-0.39, 0.29) is 5.54 Å². The van der Waals surface area contributed by atoms with Crippen molar-refractivity contribution in [3.05, 3.63) is 39.4 Å². The highest BCUT2D eigenvalue weighted by Gasteiger charge is 2.27. The minimum Gasteiger partial charge on any atom is -0.493 e. The zero-order valence-electron chi connectivity index (χ0n) is 13.7. The van der Waals surface area contributed by atoms with Gasteiger partial charge in [0.2, 0.25) is 0 Å². The Balaban J connectivity index is 2.38. The molecule has 0 aromatic heterocycles. The van der Waals surface area contributed by atoms with Crippen molar-refractivity contribution < 1.29 is 9.47 Å². The Morgan fingerprint density at radius 3 is 2.55 bits per heavy atom. The van der Waals surface area contributed by atoms with Gasteiger partial charge in [0.25, 0.3) is 0 Å². The van der Waals surface area contributed by atoms with Crippen molar-refractivity contribution >= 4 is 22.0 Å². The van der Waals surface area contributed by atoms with Gasteiger partial charge in [-0.15, -0.1) is 0 Å². The molecule has 1 unspecified atom stereocenters. The maximum absolute atomic E-state index is 6.45. The monoisotopic (exact) mass is 365 g/mol. The van der Waals surface area contributed by atoms with Crippen LogP contribution in [0, 0.1) is 0 Å². The van der Waals surface area contributed by atoms with Crippen LogP contribution in [-0.2, 0) is 0 Å². The first-order valence-corrected chi connectivity index (χ1v) is 8.27. The van der Waals surface area contributed by atoms with E-state index in [0.717, 1.165) is 29.3 Å². The van der Waals surface area contributed by atoms with E-state index >= 15 is 0 Å². The molecule has 0 saturated carbocycles. The third-order valence-electron chi connectivity index (χ3n) is 4.27. The lowest BCUT2D eigenvalue weighted by atomic mass is 9.78. The van der Waals surface area contributed by atoms with Crippen LogP contribution in [-0.4, -0.2) is 19.8 Å². The van der Waals surface area contributed by atoms with Crippen molar-refractivity contribution in [3.63, 3.8) is 0 Å². The van der Waals surface area contributed by atoms with E-state index in [1.54, 1.807) is 14.2 Å². The predicted molar refractivity (Wildman–Crippen MR) is 95.4 cm³/mol. The van der Waals surface area contributed by atoms with Gasteiger partial charge in [0.1, 0.15) is 0 Å². The molecule has 0 bridgehead atoms. The van der Waals surface area contributed by atoms with Gasteiger partial charge in [0.05, 0.1) is 18.7 Å². The molecule has 120 valence electrons. The fourth-order valence-corrected chi connectivity index (χ4v) is 3.64. The molecular weight excluding hydrogens is 342 g/mol. The van der Waals surface area contributed by atoms with Crippen LogP contribution in [0.15, 0.2) is 33.8 Å². The Kier molecular flexibility index (Phi) is 5.35. The number of benzene rings is 1. The standard InChI is InChI=1S/C18H24BrNO2/c1-12-6-5-11-18(2,20)14(12)9-7-13-8-10-15(21-3)17(22-4)16(13)19/h7-10H,5-6,11,20H2,1-4H3/b9-7+. The highest BCUT2D eigenvalue weighted by atomic mass is 79.9. The highest BCUT2D eigenvalue weighted by Crippen LogP contribution is 2.39. The van der Waals surface area contributed by atoms with E-state index in [1.807, 2.05) is 12.1 Å². The molecule has 0 heterocycles. The minimum absolute atomic E-state index is 0.248. The summed E-state index contributed by atoms with van der Waals surface area (Å²) in [6, 6.07) is 3.92. The molecule has 1 atom stereocenters. The van der Waals surface area contributed by atoms with Crippen molar-refractivity contribution in [2.24, 2.45) is 5.73 Å². The molecule has 0 aliphatic heterocycles. The lowest BCUT2D eigenvalue weighted by molar-refractivity contribution is 0.353. The van der Waals surface area contributed by atoms with E-state index in [9.17, 15) is 0 Å². The molecule has 0 amide bonds. The first-order valence-electron chi connectivity index (χ1n) is 7.48. The number of ether oxygens (including phenoxy) is 2. The summed E-state index contributed by atoms with van der Waals surface area (Å²) in [7, 11) is 3.27. The molecule has 4 heteroatoms. The van der Waals surface area contributed by atoms with Gasteiger partial charge in [0.15, 0.2) is 11.5 Å². The molecule has 1 aromatic rings. The van der Waals surface area contributed by atoms with Crippen molar-refractivity contribution in [1.29, 1.82) is 0 Å². The van der Waals surface area contributed by atoms with Gasteiger partial charge in [0, 0.05) is 5.54 Å². The Bertz CT molecular complexity index is 618. The molecule has 0 saturated heterocycles. The van der Waals surface area contributed by atoms with E-state index in [0.29, 0.717) is 11.5 Å². The molecule has 2 rings (SSSR count). The largest absolute Gasteiger partial charge is 0.493 e. The Morgan fingerprint density at radius 2 is 1.95 bits per heavy atom. The predicted octanol–water partition coefficient (Wildman–Crippen LogP) is 4.70. The van der Waals surface area contributed by atoms with Crippen molar-refractivity contribution in [3.8, 4) is 11.5 Å². The normalized spacial score (nSPS) is 22.3. The first kappa shape index (κ1) is 17.1. The van der Waals surface area contributed by atoms with Gasteiger partial charge >= 0.3 is 0 Å². The van der Waals surface area contributed by atoms with Crippen LogP contribution in [0.4, 0.5) is 0 Å². The second-order valence-corrected chi connectivity index (χ2v) is 6.80. The average Bonchev–Trinajstić information content (AvgIpc) is 2.47. The number of hydrogen-bond acceptors (Lipinski definition) is 3. The molecule has 1 aliphatic carbocycles. The number of halogens is 1. The van der Waals surface area contributed by atoms with Crippen LogP contribution in [0.5, 0.6) is 11.5 Å². The third kappa shape index (κ3) is 3.39. The van der Waals surface area contributed by atoms with Crippen LogP contribution in [0.1, 0.15) is 38.7 Å². The van der Waals surface area contributed by atoms with Gasteiger partial charge in [-0.05, 0) is 72.3 Å². The fourth-order valence-electron chi connectivity index (χ4n) is 3.02. The lowest BCUT2D eigenvalue weighted by Crippen LogP contribution is -2.40. The molecule has 2 N–H and O–H groups in total. The van der Waals surface area contributed by atoms with E-state index < -0.39 is 0 Å². The number of allylic oxidation sites excluding steroid dienone is 1. The number of methoxy groups -OCH3 is 2. The molecule has 0 spiro atoms. The molecule has 0 fully saturated rings. The van der Waals surface area contributed by atoms with E-state index in [2.05, 4.69) is 41.9 Å². The molecule has 22 heavy (non-hydrogen) atoms. The van der Waals surface area contributed by atoms with Crippen molar-refractivity contribution in [1.82, 2.24) is 0 Å². The fraction of sp³-hybridized carbons (Fsp3) is 0.444. The number of rotatable bonds is 4. The Morgan fingerprint density at radius 1 is 1.23 bits per heavy atom. The maximum atomic E-state index is 6.45. The molecule has 3 nitrogen and oxygen atoms in total. The summed E-state index contributed by atoms with van der Waals surface area (Å²) in [5.41, 5.74) is 9.86. The summed E-state index contributed by atoms with van der Waals surface area (Å²) >= 11 is 3.60. The lowest BCUT2D eigenvalue weighted by Gasteiger charge is -2.32. The van der Waals surface area contributed by atoms with Gasteiger partial charge in [-0.1, -0.05) is 17.7 Å². The zero-order valence-corrected chi connectivity index (χ0v) is 15.3. The first-order chi connectivity index (χ1) is 10.4. The van der Waals surface area contributed by atoms with Crippen LogP contribution in [0.25, 0.3) is 6.08 Å². The van der Waals surface area contributed by atoms with Crippen molar-refractivity contribution in [2.45, 2.75) is 38.6 Å².